The first-order valence-electron chi connectivity index (χ1n) is 10.6. The fraction of sp³-hybridized carbons (Fsp3) is 0.409. The second kappa shape index (κ2) is 7.98. The molecule has 2 aliphatic heterocycles. The smallest absolute Gasteiger partial charge is 0.263 e. The number of hydrogen-bond acceptors (Lipinski definition) is 6. The van der Waals surface area contributed by atoms with E-state index in [-0.39, 0.29) is 22.9 Å². The summed E-state index contributed by atoms with van der Waals surface area (Å²) in [5.41, 5.74) is 1.83. The molecular formula is C22H25N7O2. The van der Waals surface area contributed by atoms with Gasteiger partial charge in [-0.1, -0.05) is 11.3 Å². The van der Waals surface area contributed by atoms with Gasteiger partial charge in [-0.05, 0) is 43.5 Å². The molecule has 2 aliphatic rings. The van der Waals surface area contributed by atoms with Crippen LogP contribution in [0.15, 0.2) is 47.5 Å². The number of fused-ring (bicyclic) bond motifs is 4. The van der Waals surface area contributed by atoms with Gasteiger partial charge in [0.25, 0.3) is 11.5 Å². The Morgan fingerprint density at radius 1 is 1.19 bits per heavy atom. The van der Waals surface area contributed by atoms with Gasteiger partial charge in [0, 0.05) is 50.2 Å². The largest absolute Gasteiger partial charge is 0.356 e. The molecule has 0 radical (unpaired) electrons. The van der Waals surface area contributed by atoms with Crippen LogP contribution in [0.3, 0.4) is 0 Å². The Morgan fingerprint density at radius 2 is 2.10 bits per heavy atom. The number of hydrogen-bond donors (Lipinski definition) is 1. The number of rotatable bonds is 5. The summed E-state index contributed by atoms with van der Waals surface area (Å²) in [4.78, 5) is 32.6. The number of piperidine rings is 1. The van der Waals surface area contributed by atoms with Gasteiger partial charge in [-0.3, -0.25) is 14.3 Å². The number of nitrogens with zero attached hydrogens (tertiary/aromatic N) is 6. The number of amides is 1. The van der Waals surface area contributed by atoms with Gasteiger partial charge in [0.15, 0.2) is 0 Å². The minimum Gasteiger partial charge on any atom is -0.356 e. The van der Waals surface area contributed by atoms with Crippen molar-refractivity contribution in [3.05, 3.63) is 70.0 Å². The van der Waals surface area contributed by atoms with E-state index in [0.717, 1.165) is 36.7 Å². The molecule has 0 aliphatic carbocycles. The highest BCUT2D eigenvalue weighted by Gasteiger charge is 2.35. The lowest BCUT2D eigenvalue weighted by atomic mass is 9.83. The van der Waals surface area contributed by atoms with Crippen LogP contribution in [0, 0.1) is 12.8 Å². The van der Waals surface area contributed by atoms with Crippen LogP contribution < -0.4 is 15.8 Å². The van der Waals surface area contributed by atoms with E-state index in [0.29, 0.717) is 25.6 Å². The molecule has 0 saturated carbocycles. The Morgan fingerprint density at radius 3 is 2.87 bits per heavy atom. The topological polar surface area (TPSA) is 97.9 Å². The van der Waals surface area contributed by atoms with Crippen molar-refractivity contribution in [2.45, 2.75) is 32.4 Å². The van der Waals surface area contributed by atoms with E-state index in [4.69, 9.17) is 0 Å². The summed E-state index contributed by atoms with van der Waals surface area (Å²) >= 11 is 0. The molecule has 0 unspecified atom stereocenters. The Kier molecular flexibility index (Phi) is 5.01. The van der Waals surface area contributed by atoms with Gasteiger partial charge in [-0.25, -0.2) is 4.98 Å². The molecule has 1 amide bonds. The zero-order valence-electron chi connectivity index (χ0n) is 17.4. The van der Waals surface area contributed by atoms with Crippen molar-refractivity contribution in [2.75, 3.05) is 24.5 Å². The van der Waals surface area contributed by atoms with E-state index in [1.165, 1.54) is 0 Å². The number of pyridine rings is 2. The monoisotopic (exact) mass is 419 g/mol. The van der Waals surface area contributed by atoms with E-state index >= 15 is 0 Å². The number of anilines is 1. The highest BCUT2D eigenvalue weighted by molar-refractivity contribution is 5.93. The lowest BCUT2D eigenvalue weighted by Gasteiger charge is -2.43. The van der Waals surface area contributed by atoms with Gasteiger partial charge in [-0.2, -0.15) is 0 Å². The molecule has 31 heavy (non-hydrogen) atoms. The number of carbonyl (C=O) groups is 1. The summed E-state index contributed by atoms with van der Waals surface area (Å²) in [6.07, 6.45) is 4.69. The van der Waals surface area contributed by atoms with Gasteiger partial charge >= 0.3 is 0 Å². The highest BCUT2D eigenvalue weighted by Crippen LogP contribution is 2.36. The zero-order valence-corrected chi connectivity index (χ0v) is 17.4. The molecular weight excluding hydrogens is 394 g/mol. The second-order valence-corrected chi connectivity index (χ2v) is 8.36. The molecule has 1 saturated heterocycles. The third-order valence-corrected chi connectivity index (χ3v) is 6.10. The maximum absolute atomic E-state index is 13.1. The minimum absolute atomic E-state index is 0.195. The number of carbonyl (C=O) groups excluding carboxylic acids is 1. The summed E-state index contributed by atoms with van der Waals surface area (Å²) in [6, 6.07) is 9.56. The molecule has 9 heteroatoms. The van der Waals surface area contributed by atoms with Gasteiger partial charge in [0.2, 0.25) is 0 Å². The maximum Gasteiger partial charge on any atom is 0.263 e. The molecule has 0 aromatic carbocycles. The SMILES string of the molecule is Cc1cn(CCNC(=O)c2ccc3n(c2=O)C[C@H]2C[C@@H]3CN(c3ccccn3)C2)nn1. The Hall–Kier alpha value is -3.49. The first-order valence-corrected chi connectivity index (χ1v) is 10.6. The molecule has 1 fully saturated rings. The van der Waals surface area contributed by atoms with Gasteiger partial charge < -0.3 is 14.8 Å². The Labute approximate surface area is 179 Å². The highest BCUT2D eigenvalue weighted by atomic mass is 16.2. The lowest BCUT2D eigenvalue weighted by Crippen LogP contribution is -2.48. The summed E-state index contributed by atoms with van der Waals surface area (Å²) in [6.45, 7) is 5.08. The van der Waals surface area contributed by atoms with E-state index < -0.39 is 0 Å². The minimum atomic E-state index is -0.344. The predicted octanol–water partition coefficient (Wildman–Crippen LogP) is 1.20. The first-order chi connectivity index (χ1) is 15.1. The van der Waals surface area contributed by atoms with Crippen molar-refractivity contribution in [1.82, 2.24) is 29.9 Å². The van der Waals surface area contributed by atoms with Crippen molar-refractivity contribution >= 4 is 11.7 Å². The van der Waals surface area contributed by atoms with Gasteiger partial charge in [0.1, 0.15) is 11.4 Å². The molecule has 2 atom stereocenters. The Balaban J connectivity index is 1.31. The molecule has 0 spiro atoms. The second-order valence-electron chi connectivity index (χ2n) is 8.36. The summed E-state index contributed by atoms with van der Waals surface area (Å²) in [5, 5.41) is 10.7. The molecule has 5 heterocycles. The summed E-state index contributed by atoms with van der Waals surface area (Å²) in [7, 11) is 0. The van der Waals surface area contributed by atoms with Crippen molar-refractivity contribution < 1.29 is 4.79 Å². The zero-order chi connectivity index (χ0) is 21.4. The van der Waals surface area contributed by atoms with Crippen LogP contribution in [-0.4, -0.2) is 50.1 Å². The van der Waals surface area contributed by atoms with Crippen LogP contribution in [0.25, 0.3) is 0 Å². The van der Waals surface area contributed by atoms with Crippen LogP contribution in [0.2, 0.25) is 0 Å². The van der Waals surface area contributed by atoms with Crippen LogP contribution in [0.4, 0.5) is 5.82 Å². The first kappa shape index (κ1) is 19.5. The number of aryl methyl sites for hydroxylation is 1. The average Bonchev–Trinajstić information content (AvgIpc) is 3.20. The van der Waals surface area contributed by atoms with Crippen molar-refractivity contribution in [3.8, 4) is 0 Å². The van der Waals surface area contributed by atoms with Crippen molar-refractivity contribution in [2.24, 2.45) is 5.92 Å². The third-order valence-electron chi connectivity index (χ3n) is 6.10. The van der Waals surface area contributed by atoms with E-state index in [2.05, 4.69) is 25.5 Å². The molecule has 2 bridgehead atoms. The van der Waals surface area contributed by atoms with E-state index in [9.17, 15) is 9.59 Å². The Bertz CT molecular complexity index is 1150. The third kappa shape index (κ3) is 3.83. The normalized spacial score (nSPS) is 19.7. The predicted molar refractivity (Wildman–Crippen MR) is 115 cm³/mol. The number of aromatic nitrogens is 5. The van der Waals surface area contributed by atoms with E-state index in [1.54, 1.807) is 10.7 Å². The molecule has 1 N–H and O–H groups in total. The van der Waals surface area contributed by atoms with Gasteiger partial charge in [-0.15, -0.1) is 5.10 Å². The van der Waals surface area contributed by atoms with Crippen LogP contribution in [-0.2, 0) is 13.1 Å². The molecule has 3 aromatic rings. The van der Waals surface area contributed by atoms with Crippen molar-refractivity contribution in [3.63, 3.8) is 0 Å². The molecule has 3 aromatic heterocycles. The van der Waals surface area contributed by atoms with Crippen LogP contribution >= 0.6 is 0 Å². The van der Waals surface area contributed by atoms with E-state index in [1.807, 2.05) is 48.1 Å². The van der Waals surface area contributed by atoms with Crippen molar-refractivity contribution in [1.29, 1.82) is 0 Å². The quantitative estimate of drug-likeness (QED) is 0.667. The van der Waals surface area contributed by atoms with Gasteiger partial charge in [0.05, 0.1) is 12.2 Å². The summed E-state index contributed by atoms with van der Waals surface area (Å²) < 4.78 is 3.48. The standard InChI is InChI=1S/C22H25N7O2/c1-15-11-28(26-25-15)9-8-24-21(30)18-5-6-19-17-10-16(13-29(19)22(18)31)12-27(14-17)20-4-2-3-7-23-20/h2-7,11,16-17H,8-10,12-14H2,1H3,(H,24,30)/t16-,17+/m0/s1. The lowest BCUT2D eigenvalue weighted by molar-refractivity contribution is 0.0949. The molecule has 160 valence electrons. The fourth-order valence-corrected chi connectivity index (χ4v) is 4.73. The van der Waals surface area contributed by atoms with Crippen LogP contribution in [0.5, 0.6) is 0 Å². The fourth-order valence-electron chi connectivity index (χ4n) is 4.73. The number of nitrogens with one attached hydrogen (secondary N) is 1. The van der Waals surface area contributed by atoms with Crippen LogP contribution in [0.1, 0.15) is 34.1 Å². The molecule has 5 rings (SSSR count). The maximum atomic E-state index is 13.1. The molecule has 9 nitrogen and oxygen atoms in total. The average molecular weight is 419 g/mol. The summed E-state index contributed by atoms with van der Waals surface area (Å²) in [5.74, 6) is 1.25.